The topological polar surface area (TPSA) is 74.4 Å². The minimum Gasteiger partial charge on any atom is -0.340 e. The number of nitrogens with one attached hydrogen (secondary N) is 2. The highest BCUT2D eigenvalue weighted by molar-refractivity contribution is 7.99. The van der Waals surface area contributed by atoms with Crippen LogP contribution in [0.25, 0.3) is 0 Å². The van der Waals surface area contributed by atoms with Crippen LogP contribution in [0.3, 0.4) is 0 Å². The van der Waals surface area contributed by atoms with E-state index in [-0.39, 0.29) is 10.8 Å². The van der Waals surface area contributed by atoms with Gasteiger partial charge in [0, 0.05) is 24.2 Å². The number of thioether (sulfide) groups is 1. The van der Waals surface area contributed by atoms with Gasteiger partial charge in [-0.2, -0.15) is 0 Å². The quantitative estimate of drug-likeness (QED) is 0.795. The lowest BCUT2D eigenvalue weighted by Crippen LogP contribution is -2.12. The maximum Gasteiger partial charge on any atom is 0.251 e. The van der Waals surface area contributed by atoms with Gasteiger partial charge in [0.15, 0.2) is 5.16 Å². The van der Waals surface area contributed by atoms with Crippen molar-refractivity contribution in [2.24, 2.45) is 0 Å². The molecule has 0 aliphatic rings. The molecule has 16 heavy (non-hydrogen) atoms. The summed E-state index contributed by atoms with van der Waals surface area (Å²) in [5, 5.41) is 0.871. The van der Waals surface area contributed by atoms with Gasteiger partial charge in [0.05, 0.1) is 5.25 Å². The first-order valence-electron chi connectivity index (χ1n) is 4.89. The van der Waals surface area contributed by atoms with Crippen molar-refractivity contribution in [2.75, 3.05) is 0 Å². The van der Waals surface area contributed by atoms with Crippen LogP contribution in [0, 0.1) is 6.92 Å². The standard InChI is InChI=1S/C10H12N4OS/c1-6-5-8(15)14-9(13-6)7(2)16-10-11-3-4-12-10/h3-5,7H,1-2H3,(H,11,12)(H,13,14,15). The highest BCUT2D eigenvalue weighted by atomic mass is 32.2. The van der Waals surface area contributed by atoms with E-state index in [1.807, 2.05) is 13.8 Å². The second kappa shape index (κ2) is 4.52. The van der Waals surface area contributed by atoms with Crippen molar-refractivity contribution in [2.45, 2.75) is 24.3 Å². The van der Waals surface area contributed by atoms with Crippen molar-refractivity contribution in [1.29, 1.82) is 0 Å². The van der Waals surface area contributed by atoms with E-state index >= 15 is 0 Å². The van der Waals surface area contributed by atoms with Crippen LogP contribution in [0.2, 0.25) is 0 Å². The van der Waals surface area contributed by atoms with E-state index in [4.69, 9.17) is 0 Å². The molecule has 0 radical (unpaired) electrons. The molecule has 2 N–H and O–H groups in total. The molecular formula is C10H12N4OS. The Bertz CT molecular complexity index is 520. The normalized spacial score (nSPS) is 12.6. The van der Waals surface area contributed by atoms with Crippen LogP contribution in [0.5, 0.6) is 0 Å². The fourth-order valence-corrected chi connectivity index (χ4v) is 2.15. The van der Waals surface area contributed by atoms with Crippen LogP contribution in [0.15, 0.2) is 28.4 Å². The average Bonchev–Trinajstić information content (AvgIpc) is 2.68. The van der Waals surface area contributed by atoms with Crippen LogP contribution < -0.4 is 5.56 Å². The van der Waals surface area contributed by atoms with Gasteiger partial charge in [-0.25, -0.2) is 9.97 Å². The molecule has 0 aliphatic carbocycles. The van der Waals surface area contributed by atoms with E-state index in [9.17, 15) is 4.79 Å². The number of rotatable bonds is 3. The lowest BCUT2D eigenvalue weighted by molar-refractivity contribution is 0.876. The van der Waals surface area contributed by atoms with Crippen LogP contribution in [0.1, 0.15) is 23.7 Å². The summed E-state index contributed by atoms with van der Waals surface area (Å²) in [5.74, 6) is 0.673. The number of hydrogen-bond acceptors (Lipinski definition) is 4. The molecule has 0 spiro atoms. The maximum atomic E-state index is 11.3. The molecule has 0 saturated heterocycles. The minimum absolute atomic E-state index is 0.0544. The number of nitrogens with zero attached hydrogens (tertiary/aromatic N) is 2. The van der Waals surface area contributed by atoms with Gasteiger partial charge in [-0.15, -0.1) is 0 Å². The Morgan fingerprint density at radius 1 is 1.50 bits per heavy atom. The smallest absolute Gasteiger partial charge is 0.251 e. The first-order valence-corrected chi connectivity index (χ1v) is 5.77. The predicted molar refractivity (Wildman–Crippen MR) is 62.5 cm³/mol. The third-order valence-electron chi connectivity index (χ3n) is 2.03. The lowest BCUT2D eigenvalue weighted by Gasteiger charge is -2.08. The highest BCUT2D eigenvalue weighted by Crippen LogP contribution is 2.29. The summed E-state index contributed by atoms with van der Waals surface area (Å²) in [6.07, 6.45) is 3.46. The molecule has 2 aromatic heterocycles. The van der Waals surface area contributed by atoms with E-state index in [1.54, 1.807) is 12.4 Å². The Morgan fingerprint density at radius 2 is 2.31 bits per heavy atom. The molecule has 0 aromatic carbocycles. The van der Waals surface area contributed by atoms with Gasteiger partial charge in [-0.1, -0.05) is 11.8 Å². The molecule has 0 bridgehead atoms. The van der Waals surface area contributed by atoms with Gasteiger partial charge < -0.3 is 9.97 Å². The van der Waals surface area contributed by atoms with E-state index in [0.717, 1.165) is 10.9 Å². The third kappa shape index (κ3) is 2.52. The zero-order chi connectivity index (χ0) is 11.5. The monoisotopic (exact) mass is 236 g/mol. The molecule has 1 atom stereocenters. The Morgan fingerprint density at radius 3 is 2.94 bits per heavy atom. The summed E-state index contributed by atoms with van der Waals surface area (Å²) in [7, 11) is 0. The molecule has 5 nitrogen and oxygen atoms in total. The number of aromatic amines is 2. The lowest BCUT2D eigenvalue weighted by atomic mass is 10.4. The zero-order valence-corrected chi connectivity index (χ0v) is 9.84. The van der Waals surface area contributed by atoms with Crippen molar-refractivity contribution in [1.82, 2.24) is 19.9 Å². The van der Waals surface area contributed by atoms with Crippen molar-refractivity contribution >= 4 is 11.8 Å². The molecule has 0 aliphatic heterocycles. The van der Waals surface area contributed by atoms with E-state index < -0.39 is 0 Å². The van der Waals surface area contributed by atoms with Gasteiger partial charge in [0.1, 0.15) is 5.82 Å². The number of aromatic nitrogens is 4. The first kappa shape index (κ1) is 10.9. The molecule has 84 valence electrons. The van der Waals surface area contributed by atoms with E-state index in [2.05, 4.69) is 19.9 Å². The minimum atomic E-state index is -0.116. The van der Waals surface area contributed by atoms with Crippen LogP contribution in [-0.2, 0) is 0 Å². The van der Waals surface area contributed by atoms with Crippen LogP contribution in [0.4, 0.5) is 0 Å². The van der Waals surface area contributed by atoms with Crippen molar-refractivity contribution in [3.8, 4) is 0 Å². The summed E-state index contributed by atoms with van der Waals surface area (Å²) >= 11 is 1.52. The largest absolute Gasteiger partial charge is 0.340 e. The van der Waals surface area contributed by atoms with Gasteiger partial charge in [0.25, 0.3) is 5.56 Å². The molecule has 0 fully saturated rings. The third-order valence-corrected chi connectivity index (χ3v) is 3.06. The predicted octanol–water partition coefficient (Wildman–Crippen LogP) is 1.65. The molecule has 6 heteroatoms. The second-order valence-corrected chi connectivity index (χ2v) is 4.76. The van der Waals surface area contributed by atoms with Gasteiger partial charge in [-0.05, 0) is 13.8 Å². The Kier molecular flexibility index (Phi) is 3.09. The summed E-state index contributed by atoms with van der Waals surface area (Å²) in [6, 6.07) is 1.48. The van der Waals surface area contributed by atoms with E-state index in [0.29, 0.717) is 5.82 Å². The summed E-state index contributed by atoms with van der Waals surface area (Å²) in [5.41, 5.74) is 0.611. The SMILES string of the molecule is Cc1cc(=O)[nH]c(C(C)Sc2ncc[nH]2)n1. The van der Waals surface area contributed by atoms with Gasteiger partial charge in [0.2, 0.25) is 0 Å². The Balaban J connectivity index is 2.20. The van der Waals surface area contributed by atoms with Crippen molar-refractivity contribution in [3.63, 3.8) is 0 Å². The van der Waals surface area contributed by atoms with Crippen molar-refractivity contribution < 1.29 is 0 Å². The van der Waals surface area contributed by atoms with E-state index in [1.165, 1.54) is 17.8 Å². The number of H-pyrrole nitrogens is 2. The summed E-state index contributed by atoms with van der Waals surface area (Å²) < 4.78 is 0. The molecule has 0 amide bonds. The number of hydrogen-bond donors (Lipinski definition) is 2. The fraction of sp³-hybridized carbons (Fsp3) is 0.300. The molecule has 0 saturated carbocycles. The fourth-order valence-electron chi connectivity index (χ4n) is 1.33. The number of aryl methyl sites for hydroxylation is 1. The Hall–Kier alpha value is -1.56. The zero-order valence-electron chi connectivity index (χ0n) is 9.02. The first-order chi connectivity index (χ1) is 7.65. The van der Waals surface area contributed by atoms with Crippen molar-refractivity contribution in [3.05, 3.63) is 40.3 Å². The van der Waals surface area contributed by atoms with Gasteiger partial charge in [-0.3, -0.25) is 4.79 Å². The van der Waals surface area contributed by atoms with Gasteiger partial charge >= 0.3 is 0 Å². The molecule has 2 aromatic rings. The maximum absolute atomic E-state index is 11.3. The Labute approximate surface area is 96.7 Å². The second-order valence-electron chi connectivity index (χ2n) is 3.43. The average molecular weight is 236 g/mol. The molecule has 1 unspecified atom stereocenters. The molecular weight excluding hydrogens is 224 g/mol. The molecule has 2 rings (SSSR count). The van der Waals surface area contributed by atoms with Crippen LogP contribution >= 0.6 is 11.8 Å². The summed E-state index contributed by atoms with van der Waals surface area (Å²) in [6.45, 7) is 3.79. The highest BCUT2D eigenvalue weighted by Gasteiger charge is 2.11. The van der Waals surface area contributed by atoms with Crippen LogP contribution in [-0.4, -0.2) is 19.9 Å². The summed E-state index contributed by atoms with van der Waals surface area (Å²) in [4.78, 5) is 25.4. The number of imidazole rings is 1. The molecule has 2 heterocycles.